The molecule has 0 bridgehead atoms. The predicted molar refractivity (Wildman–Crippen MR) is 108 cm³/mol. The quantitative estimate of drug-likeness (QED) is 0.555. The molecule has 24 heavy (non-hydrogen) atoms. The molecule has 0 aliphatic rings. The van der Waals surface area contributed by atoms with Crippen LogP contribution in [-0.2, 0) is 0 Å². The lowest BCUT2D eigenvalue weighted by Crippen LogP contribution is -2.31. The van der Waals surface area contributed by atoms with E-state index in [2.05, 4.69) is 77.6 Å². The van der Waals surface area contributed by atoms with E-state index in [9.17, 15) is 0 Å². The van der Waals surface area contributed by atoms with E-state index in [4.69, 9.17) is 4.98 Å². The number of rotatable bonds is 10. The van der Waals surface area contributed by atoms with Gasteiger partial charge in [-0.2, -0.15) is 0 Å². The molecule has 0 N–H and O–H groups in total. The molecule has 1 rings (SSSR count). The van der Waals surface area contributed by atoms with Crippen LogP contribution in [0, 0.1) is 11.8 Å². The van der Waals surface area contributed by atoms with Crippen molar-refractivity contribution in [2.75, 3.05) is 23.9 Å². The van der Waals surface area contributed by atoms with Crippen LogP contribution in [0.3, 0.4) is 0 Å². The highest BCUT2D eigenvalue weighted by molar-refractivity contribution is 5.50. The Hall–Kier alpha value is -1.25. The Morgan fingerprint density at radius 1 is 0.750 bits per heavy atom. The molecule has 2 atom stereocenters. The van der Waals surface area contributed by atoms with Crippen LogP contribution >= 0.6 is 0 Å². The van der Waals surface area contributed by atoms with E-state index in [0.717, 1.165) is 17.7 Å². The van der Waals surface area contributed by atoms with Crippen LogP contribution < -0.4 is 9.80 Å². The van der Waals surface area contributed by atoms with E-state index in [-0.39, 0.29) is 0 Å². The maximum atomic E-state index is 4.71. The zero-order chi connectivity index (χ0) is 18.3. The Labute approximate surface area is 150 Å². The lowest BCUT2D eigenvalue weighted by molar-refractivity contribution is 0.500. The van der Waals surface area contributed by atoms with Crippen LogP contribution in [0.4, 0.5) is 11.5 Å². The van der Waals surface area contributed by atoms with Crippen LogP contribution in [0.5, 0.6) is 0 Å². The molecule has 0 amide bonds. The molecule has 3 nitrogen and oxygen atoms in total. The van der Waals surface area contributed by atoms with Crippen LogP contribution in [0.25, 0.3) is 0 Å². The van der Waals surface area contributed by atoms with Gasteiger partial charge in [0, 0.05) is 26.2 Å². The number of aromatic nitrogens is 1. The first-order valence-electron chi connectivity index (χ1n) is 9.64. The third kappa shape index (κ3) is 6.70. The molecule has 2 unspecified atom stereocenters. The highest BCUT2D eigenvalue weighted by atomic mass is 15.2. The van der Waals surface area contributed by atoms with Crippen molar-refractivity contribution < 1.29 is 0 Å². The van der Waals surface area contributed by atoms with Gasteiger partial charge in [0.15, 0.2) is 0 Å². The molecule has 138 valence electrons. The van der Waals surface area contributed by atoms with Crippen molar-refractivity contribution in [2.45, 2.75) is 79.3 Å². The molecule has 0 aliphatic carbocycles. The Kier molecular flexibility index (Phi) is 8.58. The summed E-state index contributed by atoms with van der Waals surface area (Å²) in [5.74, 6) is 2.60. The summed E-state index contributed by atoms with van der Waals surface area (Å²) in [6.45, 7) is 13.7. The van der Waals surface area contributed by atoms with Crippen LogP contribution in [0.2, 0.25) is 0 Å². The van der Waals surface area contributed by atoms with Crippen molar-refractivity contribution in [1.29, 1.82) is 0 Å². The highest BCUT2D eigenvalue weighted by Crippen LogP contribution is 2.22. The number of anilines is 2. The summed E-state index contributed by atoms with van der Waals surface area (Å²) < 4.78 is 0. The van der Waals surface area contributed by atoms with E-state index >= 15 is 0 Å². The lowest BCUT2D eigenvalue weighted by Gasteiger charge is -2.29. The maximum Gasteiger partial charge on any atom is 0.128 e. The van der Waals surface area contributed by atoms with E-state index in [1.807, 2.05) is 6.20 Å². The average molecular weight is 334 g/mol. The summed E-state index contributed by atoms with van der Waals surface area (Å²) in [5.41, 5.74) is 1.21. The standard InChI is InChI=1S/C21H39N3/c1-16(2)9-11-18(5)23(7)20-13-14-21(22-15-20)24(8)19(6)12-10-17(3)4/h13-19H,9-12H2,1-8H3. The molecule has 1 aromatic rings. The first-order chi connectivity index (χ1) is 11.2. The molecule has 0 saturated heterocycles. The van der Waals surface area contributed by atoms with Gasteiger partial charge >= 0.3 is 0 Å². The van der Waals surface area contributed by atoms with E-state index in [1.165, 1.54) is 31.4 Å². The minimum Gasteiger partial charge on any atom is -0.371 e. The van der Waals surface area contributed by atoms with Gasteiger partial charge in [-0.3, -0.25) is 0 Å². The van der Waals surface area contributed by atoms with Gasteiger partial charge in [0.25, 0.3) is 0 Å². The van der Waals surface area contributed by atoms with Gasteiger partial charge in [0.05, 0.1) is 11.9 Å². The molecule has 3 heteroatoms. The molecule has 0 aliphatic heterocycles. The number of nitrogens with zero attached hydrogens (tertiary/aromatic N) is 3. The highest BCUT2D eigenvalue weighted by Gasteiger charge is 2.14. The Morgan fingerprint density at radius 3 is 1.67 bits per heavy atom. The minimum atomic E-state index is 0.522. The van der Waals surface area contributed by atoms with E-state index in [1.54, 1.807) is 0 Å². The summed E-state index contributed by atoms with van der Waals surface area (Å²) in [7, 11) is 4.33. The Balaban J connectivity index is 2.64. The van der Waals surface area contributed by atoms with Gasteiger partial charge in [-0.1, -0.05) is 27.7 Å². The van der Waals surface area contributed by atoms with Gasteiger partial charge < -0.3 is 9.80 Å². The fourth-order valence-electron chi connectivity index (χ4n) is 2.81. The van der Waals surface area contributed by atoms with Crippen molar-refractivity contribution in [2.24, 2.45) is 11.8 Å². The van der Waals surface area contributed by atoms with Crippen molar-refractivity contribution in [1.82, 2.24) is 4.98 Å². The molecule has 0 spiro atoms. The topological polar surface area (TPSA) is 19.4 Å². The monoisotopic (exact) mass is 333 g/mol. The fourth-order valence-corrected chi connectivity index (χ4v) is 2.81. The largest absolute Gasteiger partial charge is 0.371 e. The molecule has 0 aromatic carbocycles. The van der Waals surface area contributed by atoms with E-state index < -0.39 is 0 Å². The zero-order valence-corrected chi connectivity index (χ0v) is 17.2. The molecule has 0 radical (unpaired) electrons. The first kappa shape index (κ1) is 20.8. The van der Waals surface area contributed by atoms with Crippen LogP contribution in [0.15, 0.2) is 18.3 Å². The molecule has 1 heterocycles. The Morgan fingerprint density at radius 2 is 1.25 bits per heavy atom. The summed E-state index contributed by atoms with van der Waals surface area (Å²) >= 11 is 0. The van der Waals surface area contributed by atoms with Crippen LogP contribution in [0.1, 0.15) is 67.2 Å². The normalized spacial score (nSPS) is 14.1. The van der Waals surface area contributed by atoms with Gasteiger partial charge in [-0.05, 0) is 63.5 Å². The first-order valence-corrected chi connectivity index (χ1v) is 9.64. The number of hydrogen-bond acceptors (Lipinski definition) is 3. The number of hydrogen-bond donors (Lipinski definition) is 0. The van der Waals surface area contributed by atoms with Crippen molar-refractivity contribution in [3.05, 3.63) is 18.3 Å². The second-order valence-corrected chi connectivity index (χ2v) is 8.24. The third-order valence-electron chi connectivity index (χ3n) is 5.15. The van der Waals surface area contributed by atoms with Gasteiger partial charge in [-0.25, -0.2) is 4.98 Å². The molecular formula is C21H39N3. The molecule has 0 fully saturated rings. The van der Waals surface area contributed by atoms with Gasteiger partial charge in [0.2, 0.25) is 0 Å². The molecule has 0 saturated carbocycles. The van der Waals surface area contributed by atoms with E-state index in [0.29, 0.717) is 12.1 Å². The summed E-state index contributed by atoms with van der Waals surface area (Å²) in [5, 5.41) is 0. The lowest BCUT2D eigenvalue weighted by atomic mass is 10.0. The molecule has 1 aromatic heterocycles. The zero-order valence-electron chi connectivity index (χ0n) is 17.2. The third-order valence-corrected chi connectivity index (χ3v) is 5.15. The second kappa shape index (κ2) is 9.90. The maximum absolute atomic E-state index is 4.71. The predicted octanol–water partition coefficient (Wildman–Crippen LogP) is 5.60. The van der Waals surface area contributed by atoms with Crippen LogP contribution in [-0.4, -0.2) is 31.2 Å². The smallest absolute Gasteiger partial charge is 0.128 e. The summed E-state index contributed by atoms with van der Waals surface area (Å²) in [4.78, 5) is 9.36. The SMILES string of the molecule is CC(C)CCC(C)N(C)c1ccc(N(C)C(C)CCC(C)C)nc1. The van der Waals surface area contributed by atoms with Crippen molar-refractivity contribution in [3.8, 4) is 0 Å². The molecular weight excluding hydrogens is 294 g/mol. The summed E-state index contributed by atoms with van der Waals surface area (Å²) in [6.07, 6.45) is 6.99. The fraction of sp³-hybridized carbons (Fsp3) is 0.762. The number of pyridine rings is 1. The van der Waals surface area contributed by atoms with Gasteiger partial charge in [0.1, 0.15) is 5.82 Å². The average Bonchev–Trinajstić information content (AvgIpc) is 2.56. The minimum absolute atomic E-state index is 0.522. The van der Waals surface area contributed by atoms with Crippen molar-refractivity contribution in [3.63, 3.8) is 0 Å². The Bertz CT molecular complexity index is 410. The van der Waals surface area contributed by atoms with Gasteiger partial charge in [-0.15, -0.1) is 0 Å². The summed E-state index contributed by atoms with van der Waals surface area (Å²) in [6, 6.07) is 5.43. The second-order valence-electron chi connectivity index (χ2n) is 8.24. The van der Waals surface area contributed by atoms with Crippen molar-refractivity contribution >= 4 is 11.5 Å².